The van der Waals surface area contributed by atoms with Crippen LogP contribution in [-0.2, 0) is 6.42 Å². The van der Waals surface area contributed by atoms with Crippen LogP contribution in [0.1, 0.15) is 37.3 Å². The molecule has 0 aromatic heterocycles. The SMILES string of the molecule is CC(C)c1cc(Cl)cc(CCC#N)c1. The average molecular weight is 208 g/mol. The lowest BCUT2D eigenvalue weighted by Gasteiger charge is -2.08. The lowest BCUT2D eigenvalue weighted by Crippen LogP contribution is -1.91. The maximum Gasteiger partial charge on any atom is 0.0625 e. The second kappa shape index (κ2) is 5.02. The van der Waals surface area contributed by atoms with Crippen molar-refractivity contribution in [3.05, 3.63) is 34.3 Å². The van der Waals surface area contributed by atoms with E-state index >= 15 is 0 Å². The number of aryl methyl sites for hydroxylation is 1. The third-order valence-corrected chi connectivity index (χ3v) is 2.39. The molecule has 2 heteroatoms. The summed E-state index contributed by atoms with van der Waals surface area (Å²) in [4.78, 5) is 0. The van der Waals surface area contributed by atoms with Gasteiger partial charge in [-0.25, -0.2) is 0 Å². The Balaban J connectivity index is 2.90. The van der Waals surface area contributed by atoms with Crippen LogP contribution in [0.4, 0.5) is 0 Å². The molecule has 14 heavy (non-hydrogen) atoms. The monoisotopic (exact) mass is 207 g/mol. The zero-order chi connectivity index (χ0) is 10.6. The lowest BCUT2D eigenvalue weighted by atomic mass is 9.99. The summed E-state index contributed by atoms with van der Waals surface area (Å²) in [5, 5.41) is 9.26. The summed E-state index contributed by atoms with van der Waals surface area (Å²) in [7, 11) is 0. The van der Waals surface area contributed by atoms with Crippen LogP contribution in [0.25, 0.3) is 0 Å². The molecule has 74 valence electrons. The van der Waals surface area contributed by atoms with Gasteiger partial charge in [-0.2, -0.15) is 5.26 Å². The average Bonchev–Trinajstić information content (AvgIpc) is 2.14. The Morgan fingerprint density at radius 3 is 2.64 bits per heavy atom. The summed E-state index contributed by atoms with van der Waals surface area (Å²) in [5.74, 6) is 0.481. The van der Waals surface area contributed by atoms with Gasteiger partial charge in [-0.15, -0.1) is 0 Å². The highest BCUT2D eigenvalue weighted by Crippen LogP contribution is 2.22. The molecule has 0 amide bonds. The third-order valence-electron chi connectivity index (χ3n) is 2.17. The Morgan fingerprint density at radius 2 is 2.07 bits per heavy atom. The topological polar surface area (TPSA) is 23.8 Å². The van der Waals surface area contributed by atoms with Gasteiger partial charge in [0.25, 0.3) is 0 Å². The summed E-state index contributed by atoms with van der Waals surface area (Å²) in [6.07, 6.45) is 1.34. The van der Waals surface area contributed by atoms with Gasteiger partial charge in [0, 0.05) is 11.4 Å². The molecule has 0 aliphatic heterocycles. The van der Waals surface area contributed by atoms with Crippen molar-refractivity contribution >= 4 is 11.6 Å². The van der Waals surface area contributed by atoms with Crippen LogP contribution < -0.4 is 0 Å². The maximum absolute atomic E-state index is 8.49. The molecule has 0 aliphatic rings. The molecule has 1 nitrogen and oxygen atoms in total. The number of hydrogen-bond acceptors (Lipinski definition) is 1. The van der Waals surface area contributed by atoms with E-state index in [-0.39, 0.29) is 0 Å². The van der Waals surface area contributed by atoms with Crippen molar-refractivity contribution in [3.8, 4) is 6.07 Å². The highest BCUT2D eigenvalue weighted by Gasteiger charge is 2.03. The van der Waals surface area contributed by atoms with E-state index in [1.807, 2.05) is 12.1 Å². The van der Waals surface area contributed by atoms with Crippen LogP contribution in [0.15, 0.2) is 18.2 Å². The van der Waals surface area contributed by atoms with Crippen LogP contribution in [0.5, 0.6) is 0 Å². The standard InChI is InChI=1S/C12H14ClN/c1-9(2)11-6-10(4-3-5-14)7-12(13)8-11/h6-9H,3-4H2,1-2H3. The van der Waals surface area contributed by atoms with Crippen molar-refractivity contribution in [2.75, 3.05) is 0 Å². The van der Waals surface area contributed by atoms with Crippen molar-refractivity contribution in [2.45, 2.75) is 32.6 Å². The molecule has 0 saturated carbocycles. The van der Waals surface area contributed by atoms with Crippen molar-refractivity contribution in [1.29, 1.82) is 5.26 Å². The number of benzene rings is 1. The minimum absolute atomic E-state index is 0.481. The van der Waals surface area contributed by atoms with E-state index in [1.165, 1.54) is 5.56 Å². The molecule has 0 atom stereocenters. The summed E-state index contributed by atoms with van der Waals surface area (Å²) < 4.78 is 0. The normalized spacial score (nSPS) is 10.2. The van der Waals surface area contributed by atoms with Crippen molar-refractivity contribution in [3.63, 3.8) is 0 Å². The smallest absolute Gasteiger partial charge is 0.0625 e. The molecular weight excluding hydrogens is 194 g/mol. The van der Waals surface area contributed by atoms with E-state index in [0.717, 1.165) is 17.0 Å². The maximum atomic E-state index is 8.49. The Bertz CT molecular complexity index is 350. The van der Waals surface area contributed by atoms with Crippen molar-refractivity contribution < 1.29 is 0 Å². The second-order valence-corrected chi connectivity index (χ2v) is 4.14. The quantitative estimate of drug-likeness (QED) is 0.737. The van der Waals surface area contributed by atoms with Gasteiger partial charge in [0.15, 0.2) is 0 Å². The highest BCUT2D eigenvalue weighted by molar-refractivity contribution is 6.30. The summed E-state index contributed by atoms with van der Waals surface area (Å²) >= 11 is 5.99. The van der Waals surface area contributed by atoms with Crippen molar-refractivity contribution in [2.24, 2.45) is 0 Å². The summed E-state index contributed by atoms with van der Waals surface area (Å²) in [5.41, 5.74) is 2.40. The molecule has 0 N–H and O–H groups in total. The van der Waals surface area contributed by atoms with Gasteiger partial charge in [-0.3, -0.25) is 0 Å². The van der Waals surface area contributed by atoms with E-state index < -0.39 is 0 Å². The first kappa shape index (κ1) is 11.1. The van der Waals surface area contributed by atoms with E-state index in [0.29, 0.717) is 12.3 Å². The predicted octanol–water partition coefficient (Wildman–Crippen LogP) is 3.92. The molecular formula is C12H14ClN. The molecule has 0 aliphatic carbocycles. The van der Waals surface area contributed by atoms with Gasteiger partial charge < -0.3 is 0 Å². The first-order valence-corrected chi connectivity index (χ1v) is 5.17. The fourth-order valence-corrected chi connectivity index (χ4v) is 1.62. The second-order valence-electron chi connectivity index (χ2n) is 3.71. The van der Waals surface area contributed by atoms with E-state index in [4.69, 9.17) is 16.9 Å². The lowest BCUT2D eigenvalue weighted by molar-refractivity contribution is 0.860. The van der Waals surface area contributed by atoms with Gasteiger partial charge >= 0.3 is 0 Å². The molecule has 0 unspecified atom stereocenters. The first-order valence-electron chi connectivity index (χ1n) is 4.80. The minimum atomic E-state index is 0.481. The van der Waals surface area contributed by atoms with Gasteiger partial charge in [-0.1, -0.05) is 31.5 Å². The summed E-state index contributed by atoms with van der Waals surface area (Å²) in [6.45, 7) is 4.28. The molecule has 0 radical (unpaired) electrons. The molecule has 1 aromatic carbocycles. The number of nitrogens with zero attached hydrogens (tertiary/aromatic N) is 1. The van der Waals surface area contributed by atoms with E-state index in [1.54, 1.807) is 0 Å². The first-order chi connectivity index (χ1) is 6.63. The van der Waals surface area contributed by atoms with E-state index in [2.05, 4.69) is 26.0 Å². The van der Waals surface area contributed by atoms with Crippen LogP contribution in [0.2, 0.25) is 5.02 Å². The van der Waals surface area contributed by atoms with Crippen LogP contribution in [0.3, 0.4) is 0 Å². The van der Waals surface area contributed by atoms with Gasteiger partial charge in [0.05, 0.1) is 6.07 Å². The van der Waals surface area contributed by atoms with Crippen LogP contribution in [-0.4, -0.2) is 0 Å². The molecule has 1 aromatic rings. The number of hydrogen-bond donors (Lipinski definition) is 0. The Hall–Kier alpha value is -1.00. The molecule has 0 spiro atoms. The van der Waals surface area contributed by atoms with Gasteiger partial charge in [0.1, 0.15) is 0 Å². The van der Waals surface area contributed by atoms with Crippen molar-refractivity contribution in [1.82, 2.24) is 0 Å². The third kappa shape index (κ3) is 3.05. The van der Waals surface area contributed by atoms with Gasteiger partial charge in [0.2, 0.25) is 0 Å². The molecule has 0 fully saturated rings. The van der Waals surface area contributed by atoms with Crippen LogP contribution >= 0.6 is 11.6 Å². The highest BCUT2D eigenvalue weighted by atomic mass is 35.5. The number of rotatable bonds is 3. The minimum Gasteiger partial charge on any atom is -0.198 e. The van der Waals surface area contributed by atoms with Crippen LogP contribution in [0, 0.1) is 11.3 Å². The Kier molecular flexibility index (Phi) is 3.98. The fraction of sp³-hybridized carbons (Fsp3) is 0.417. The largest absolute Gasteiger partial charge is 0.198 e. The van der Waals surface area contributed by atoms with E-state index in [9.17, 15) is 0 Å². The molecule has 0 heterocycles. The Morgan fingerprint density at radius 1 is 1.36 bits per heavy atom. The number of nitriles is 1. The molecule has 0 saturated heterocycles. The molecule has 0 bridgehead atoms. The fourth-order valence-electron chi connectivity index (χ4n) is 1.35. The number of halogens is 1. The predicted molar refractivity (Wildman–Crippen MR) is 59.5 cm³/mol. The zero-order valence-corrected chi connectivity index (χ0v) is 9.30. The molecule has 1 rings (SSSR count). The Labute approximate surface area is 90.3 Å². The van der Waals surface area contributed by atoms with Gasteiger partial charge in [-0.05, 0) is 35.6 Å². The summed E-state index contributed by atoms with van der Waals surface area (Å²) in [6, 6.07) is 8.20. The zero-order valence-electron chi connectivity index (χ0n) is 8.55.